The van der Waals surface area contributed by atoms with Gasteiger partial charge < -0.3 is 5.73 Å². The van der Waals surface area contributed by atoms with Gasteiger partial charge >= 0.3 is 0 Å². The smallest absolute Gasteiger partial charge is 0.242 e. The maximum absolute atomic E-state index is 12.3. The Labute approximate surface area is 126 Å². The predicted octanol–water partition coefficient (Wildman–Crippen LogP) is 2.73. The lowest BCUT2D eigenvalue weighted by molar-refractivity contribution is 0.566. The molecule has 108 valence electrons. The maximum Gasteiger partial charge on any atom is 0.242 e. The molecular formula is C12H14ClN3O2S2. The number of thiazole rings is 1. The van der Waals surface area contributed by atoms with Crippen LogP contribution in [0.25, 0.3) is 0 Å². The number of aryl methyl sites for hydroxylation is 1. The van der Waals surface area contributed by atoms with Crippen LogP contribution in [0.2, 0.25) is 5.02 Å². The minimum absolute atomic E-state index is 0.0284. The Kier molecular flexibility index (Phi) is 4.33. The largest absolute Gasteiger partial charge is 0.399 e. The summed E-state index contributed by atoms with van der Waals surface area (Å²) in [5, 5.41) is 0.834. The molecule has 0 spiro atoms. The molecule has 0 amide bonds. The van der Waals surface area contributed by atoms with Gasteiger partial charge in [0.2, 0.25) is 10.0 Å². The highest BCUT2D eigenvalue weighted by molar-refractivity contribution is 7.89. The lowest BCUT2D eigenvalue weighted by Gasteiger charge is -2.13. The third-order valence-electron chi connectivity index (χ3n) is 2.59. The van der Waals surface area contributed by atoms with Crippen LogP contribution in [-0.2, 0) is 10.0 Å². The highest BCUT2D eigenvalue weighted by atomic mass is 35.5. The molecule has 8 heteroatoms. The normalized spacial score (nSPS) is 13.3. The van der Waals surface area contributed by atoms with Crippen molar-refractivity contribution in [1.29, 1.82) is 0 Å². The number of hydrogen-bond donors (Lipinski definition) is 2. The standard InChI is InChI=1S/C12H14ClN3O2S2/c1-7-6-15-12(19-7)8(2)16-20(17,18)11-5-9(14)3-4-10(11)13/h3-6,8,16H,14H2,1-2H3. The van der Waals surface area contributed by atoms with Crippen LogP contribution in [0.15, 0.2) is 29.3 Å². The molecule has 0 radical (unpaired) electrons. The summed E-state index contributed by atoms with van der Waals surface area (Å²) < 4.78 is 27.2. The lowest BCUT2D eigenvalue weighted by Crippen LogP contribution is -2.27. The molecule has 2 rings (SSSR count). The fraction of sp³-hybridized carbons (Fsp3) is 0.250. The monoisotopic (exact) mass is 331 g/mol. The molecule has 0 fully saturated rings. The van der Waals surface area contributed by atoms with E-state index in [1.54, 1.807) is 19.2 Å². The van der Waals surface area contributed by atoms with Crippen molar-refractivity contribution in [3.63, 3.8) is 0 Å². The van der Waals surface area contributed by atoms with Gasteiger partial charge in [-0.05, 0) is 32.0 Å². The molecule has 0 saturated carbocycles. The Morgan fingerprint density at radius 2 is 2.15 bits per heavy atom. The van der Waals surface area contributed by atoms with Gasteiger partial charge in [0.1, 0.15) is 9.90 Å². The second kappa shape index (κ2) is 5.69. The Morgan fingerprint density at radius 1 is 1.45 bits per heavy atom. The number of nitrogens with one attached hydrogen (secondary N) is 1. The summed E-state index contributed by atoms with van der Waals surface area (Å²) in [6.07, 6.45) is 1.71. The van der Waals surface area contributed by atoms with E-state index in [1.165, 1.54) is 23.5 Å². The Hall–Kier alpha value is -1.15. The van der Waals surface area contributed by atoms with Crippen molar-refractivity contribution < 1.29 is 8.42 Å². The maximum atomic E-state index is 12.3. The van der Waals surface area contributed by atoms with Gasteiger partial charge in [-0.2, -0.15) is 0 Å². The van der Waals surface area contributed by atoms with Gasteiger partial charge in [-0.3, -0.25) is 0 Å². The molecule has 1 heterocycles. The first-order valence-corrected chi connectivity index (χ1v) is 8.47. The van der Waals surface area contributed by atoms with Crippen LogP contribution >= 0.6 is 22.9 Å². The number of nitrogen functional groups attached to an aromatic ring is 1. The molecular weight excluding hydrogens is 318 g/mol. The van der Waals surface area contributed by atoms with Crippen LogP contribution in [-0.4, -0.2) is 13.4 Å². The van der Waals surface area contributed by atoms with E-state index in [0.717, 1.165) is 4.88 Å². The Morgan fingerprint density at radius 3 is 2.75 bits per heavy atom. The summed E-state index contributed by atoms with van der Waals surface area (Å²) in [5.41, 5.74) is 5.95. The summed E-state index contributed by atoms with van der Waals surface area (Å²) in [6, 6.07) is 3.92. The highest BCUT2D eigenvalue weighted by Gasteiger charge is 2.22. The van der Waals surface area contributed by atoms with Crippen molar-refractivity contribution in [2.45, 2.75) is 24.8 Å². The quantitative estimate of drug-likeness (QED) is 0.843. The van der Waals surface area contributed by atoms with E-state index < -0.39 is 16.1 Å². The molecule has 1 aromatic carbocycles. The molecule has 5 nitrogen and oxygen atoms in total. The van der Waals surface area contributed by atoms with Crippen molar-refractivity contribution >= 4 is 38.6 Å². The fourth-order valence-corrected chi connectivity index (χ4v) is 4.24. The molecule has 0 bridgehead atoms. The first-order chi connectivity index (χ1) is 9.29. The van der Waals surface area contributed by atoms with Crippen molar-refractivity contribution in [3.05, 3.63) is 39.3 Å². The van der Waals surface area contributed by atoms with Crippen molar-refractivity contribution in [3.8, 4) is 0 Å². The molecule has 1 atom stereocenters. The number of aromatic nitrogens is 1. The van der Waals surface area contributed by atoms with E-state index in [4.69, 9.17) is 17.3 Å². The Bertz CT molecular complexity index is 728. The third-order valence-corrected chi connectivity index (χ3v) is 5.70. The van der Waals surface area contributed by atoms with Crippen LogP contribution in [0.1, 0.15) is 22.9 Å². The average molecular weight is 332 g/mol. The van der Waals surface area contributed by atoms with Gasteiger partial charge in [0.15, 0.2) is 0 Å². The predicted molar refractivity (Wildman–Crippen MR) is 81.5 cm³/mol. The molecule has 1 aromatic heterocycles. The first-order valence-electron chi connectivity index (χ1n) is 5.79. The second-order valence-corrected chi connectivity index (χ2v) is 7.70. The molecule has 0 aliphatic heterocycles. The zero-order valence-electron chi connectivity index (χ0n) is 10.9. The van der Waals surface area contributed by atoms with Crippen LogP contribution in [0.5, 0.6) is 0 Å². The first kappa shape index (κ1) is 15.2. The van der Waals surface area contributed by atoms with Gasteiger partial charge in [-0.25, -0.2) is 18.1 Å². The molecule has 3 N–H and O–H groups in total. The Balaban J connectivity index is 2.29. The highest BCUT2D eigenvalue weighted by Crippen LogP contribution is 2.26. The van der Waals surface area contributed by atoms with E-state index in [1.807, 2.05) is 6.92 Å². The van der Waals surface area contributed by atoms with Gasteiger partial charge in [0.05, 0.1) is 11.1 Å². The number of benzene rings is 1. The van der Waals surface area contributed by atoms with Crippen LogP contribution < -0.4 is 10.5 Å². The average Bonchev–Trinajstić information content (AvgIpc) is 2.78. The van der Waals surface area contributed by atoms with Crippen molar-refractivity contribution in [2.75, 3.05) is 5.73 Å². The van der Waals surface area contributed by atoms with E-state index in [2.05, 4.69) is 9.71 Å². The van der Waals surface area contributed by atoms with Crippen LogP contribution in [0, 0.1) is 6.92 Å². The van der Waals surface area contributed by atoms with Gasteiger partial charge in [-0.1, -0.05) is 11.6 Å². The summed E-state index contributed by atoms with van der Waals surface area (Å²) in [4.78, 5) is 5.16. The minimum Gasteiger partial charge on any atom is -0.399 e. The summed E-state index contributed by atoms with van der Waals surface area (Å²) >= 11 is 7.37. The van der Waals surface area contributed by atoms with E-state index in [-0.39, 0.29) is 9.92 Å². The molecule has 2 aromatic rings. The number of hydrogen-bond acceptors (Lipinski definition) is 5. The topological polar surface area (TPSA) is 85.1 Å². The zero-order chi connectivity index (χ0) is 14.9. The van der Waals surface area contributed by atoms with Crippen LogP contribution in [0.3, 0.4) is 0 Å². The van der Waals surface area contributed by atoms with Gasteiger partial charge in [0.25, 0.3) is 0 Å². The molecule has 0 saturated heterocycles. The van der Waals surface area contributed by atoms with Gasteiger partial charge in [0, 0.05) is 16.8 Å². The van der Waals surface area contributed by atoms with Gasteiger partial charge in [-0.15, -0.1) is 11.3 Å². The van der Waals surface area contributed by atoms with E-state index in [0.29, 0.717) is 10.7 Å². The zero-order valence-corrected chi connectivity index (χ0v) is 13.3. The number of halogens is 1. The third kappa shape index (κ3) is 3.29. The number of nitrogens with zero attached hydrogens (tertiary/aromatic N) is 1. The SMILES string of the molecule is Cc1cnc(C(C)NS(=O)(=O)c2cc(N)ccc2Cl)s1. The van der Waals surface area contributed by atoms with E-state index >= 15 is 0 Å². The number of nitrogens with two attached hydrogens (primary N) is 1. The van der Waals surface area contributed by atoms with Crippen LogP contribution in [0.4, 0.5) is 5.69 Å². The summed E-state index contributed by atoms with van der Waals surface area (Å²) in [6.45, 7) is 3.65. The molecule has 0 aliphatic carbocycles. The number of anilines is 1. The van der Waals surface area contributed by atoms with E-state index in [9.17, 15) is 8.42 Å². The fourth-order valence-electron chi connectivity index (χ4n) is 1.64. The molecule has 20 heavy (non-hydrogen) atoms. The van der Waals surface area contributed by atoms with Crippen molar-refractivity contribution in [1.82, 2.24) is 9.71 Å². The molecule has 0 aliphatic rings. The summed E-state index contributed by atoms with van der Waals surface area (Å²) in [7, 11) is -3.75. The lowest BCUT2D eigenvalue weighted by atomic mass is 10.3. The van der Waals surface area contributed by atoms with Crippen molar-refractivity contribution in [2.24, 2.45) is 0 Å². The molecule has 1 unspecified atom stereocenters. The second-order valence-electron chi connectivity index (χ2n) is 4.34. The number of sulfonamides is 1. The summed E-state index contributed by atoms with van der Waals surface area (Å²) in [5.74, 6) is 0. The number of rotatable bonds is 4. The minimum atomic E-state index is -3.75.